The van der Waals surface area contributed by atoms with Crippen LogP contribution < -0.4 is 15.5 Å². The number of amides is 1. The summed E-state index contributed by atoms with van der Waals surface area (Å²) in [6, 6.07) is 4.40. The molecule has 1 aromatic rings. The number of carbonyl (C=O) groups is 1. The quantitative estimate of drug-likeness (QED) is 0.852. The first-order chi connectivity index (χ1) is 9.20. The molecule has 2 heterocycles. The number of nitrogens with one attached hydrogen (secondary N) is 2. The molecule has 0 bridgehead atoms. The Morgan fingerprint density at radius 3 is 3.21 bits per heavy atom. The van der Waals surface area contributed by atoms with E-state index >= 15 is 0 Å². The smallest absolute Gasteiger partial charge is 0.239 e. The van der Waals surface area contributed by atoms with Gasteiger partial charge >= 0.3 is 0 Å². The second kappa shape index (κ2) is 6.52. The van der Waals surface area contributed by atoms with Crippen molar-refractivity contribution in [2.45, 2.75) is 26.3 Å². The van der Waals surface area contributed by atoms with Crippen LogP contribution in [0.3, 0.4) is 0 Å². The highest BCUT2D eigenvalue weighted by Crippen LogP contribution is 2.18. The zero-order valence-electron chi connectivity index (χ0n) is 11.6. The predicted molar refractivity (Wildman–Crippen MR) is 76.2 cm³/mol. The van der Waals surface area contributed by atoms with Gasteiger partial charge in [0, 0.05) is 25.3 Å². The fraction of sp³-hybridized carbons (Fsp3) is 0.571. The van der Waals surface area contributed by atoms with Crippen molar-refractivity contribution in [3.63, 3.8) is 0 Å². The molecule has 1 atom stereocenters. The van der Waals surface area contributed by atoms with Crippen molar-refractivity contribution in [2.24, 2.45) is 0 Å². The maximum atomic E-state index is 11.6. The van der Waals surface area contributed by atoms with Gasteiger partial charge in [-0.05, 0) is 37.6 Å². The van der Waals surface area contributed by atoms with E-state index in [0.717, 1.165) is 31.9 Å². The van der Waals surface area contributed by atoms with Crippen LogP contribution >= 0.6 is 0 Å². The molecule has 1 unspecified atom stereocenters. The number of hydrogen-bond acceptors (Lipinski definition) is 4. The summed E-state index contributed by atoms with van der Waals surface area (Å²) in [4.78, 5) is 18.0. The Hall–Kier alpha value is -1.62. The average molecular weight is 262 g/mol. The summed E-state index contributed by atoms with van der Waals surface area (Å²) in [5, 5.41) is 6.27. The molecule has 0 aliphatic carbocycles. The lowest BCUT2D eigenvalue weighted by Crippen LogP contribution is -2.33. The van der Waals surface area contributed by atoms with Gasteiger partial charge in [0.2, 0.25) is 5.91 Å². The molecular formula is C14H22N4O. The number of pyridine rings is 1. The highest BCUT2D eigenvalue weighted by molar-refractivity contribution is 5.81. The second-order valence-electron chi connectivity index (χ2n) is 4.85. The molecule has 1 fully saturated rings. The van der Waals surface area contributed by atoms with Crippen LogP contribution in [0.5, 0.6) is 0 Å². The third-order valence-corrected chi connectivity index (χ3v) is 3.37. The molecule has 1 amide bonds. The summed E-state index contributed by atoms with van der Waals surface area (Å²) in [6.07, 6.45) is 2.78. The fourth-order valence-corrected chi connectivity index (χ4v) is 2.30. The molecule has 1 aliphatic heterocycles. The largest absolute Gasteiger partial charge is 0.354 e. The van der Waals surface area contributed by atoms with Gasteiger partial charge in [-0.2, -0.15) is 0 Å². The van der Waals surface area contributed by atoms with E-state index in [9.17, 15) is 4.79 Å². The van der Waals surface area contributed by atoms with E-state index < -0.39 is 0 Å². The Bertz CT molecular complexity index is 435. The van der Waals surface area contributed by atoms with Gasteiger partial charge in [-0.1, -0.05) is 6.92 Å². The molecule has 0 saturated carbocycles. The van der Waals surface area contributed by atoms with Crippen molar-refractivity contribution in [3.8, 4) is 0 Å². The number of carbonyl (C=O) groups excluding carboxylic acids is 1. The van der Waals surface area contributed by atoms with E-state index in [4.69, 9.17) is 0 Å². The van der Waals surface area contributed by atoms with E-state index in [0.29, 0.717) is 12.6 Å². The summed E-state index contributed by atoms with van der Waals surface area (Å²) < 4.78 is 0. The van der Waals surface area contributed by atoms with Crippen LogP contribution in [-0.2, 0) is 4.79 Å². The van der Waals surface area contributed by atoms with Crippen molar-refractivity contribution in [1.82, 2.24) is 15.6 Å². The molecule has 0 radical (unpaired) electrons. The molecule has 2 rings (SSSR count). The normalized spacial score (nSPS) is 17.8. The van der Waals surface area contributed by atoms with Gasteiger partial charge in [-0.25, -0.2) is 4.98 Å². The van der Waals surface area contributed by atoms with Crippen LogP contribution in [0, 0.1) is 0 Å². The Labute approximate surface area is 114 Å². The number of hydrogen-bond donors (Lipinski definition) is 2. The first kappa shape index (κ1) is 13.8. The fourth-order valence-electron chi connectivity index (χ4n) is 2.30. The van der Waals surface area contributed by atoms with Crippen LogP contribution in [0.1, 0.15) is 31.9 Å². The number of rotatable bonds is 4. The molecule has 0 spiro atoms. The molecule has 0 aromatic carbocycles. The van der Waals surface area contributed by atoms with E-state index in [-0.39, 0.29) is 5.91 Å². The van der Waals surface area contributed by atoms with E-state index in [1.807, 2.05) is 17.2 Å². The Morgan fingerprint density at radius 2 is 2.42 bits per heavy atom. The highest BCUT2D eigenvalue weighted by atomic mass is 16.2. The predicted octanol–water partition coefficient (Wildman–Crippen LogP) is 1.08. The number of anilines is 1. The van der Waals surface area contributed by atoms with Crippen LogP contribution in [0.25, 0.3) is 0 Å². The Kier molecular flexibility index (Phi) is 4.74. The lowest BCUT2D eigenvalue weighted by molar-refractivity contribution is -0.119. The molecule has 5 nitrogen and oxygen atoms in total. The minimum atomic E-state index is 0.0736. The molecular weight excluding hydrogens is 240 g/mol. The Morgan fingerprint density at radius 1 is 1.58 bits per heavy atom. The maximum absolute atomic E-state index is 11.6. The standard InChI is InChI=1S/C14H22N4O/c1-3-15-11(2)12-5-7-16-13(9-12)18-8-4-6-17-14(19)10-18/h5,7,9,11,15H,3-4,6,8,10H2,1-2H3,(H,17,19). The van der Waals surface area contributed by atoms with Crippen molar-refractivity contribution in [1.29, 1.82) is 0 Å². The second-order valence-corrected chi connectivity index (χ2v) is 4.85. The van der Waals surface area contributed by atoms with Crippen molar-refractivity contribution in [2.75, 3.05) is 31.1 Å². The monoisotopic (exact) mass is 262 g/mol. The highest BCUT2D eigenvalue weighted by Gasteiger charge is 2.16. The first-order valence-corrected chi connectivity index (χ1v) is 6.91. The average Bonchev–Trinajstić information content (AvgIpc) is 2.64. The zero-order valence-corrected chi connectivity index (χ0v) is 11.6. The van der Waals surface area contributed by atoms with Crippen LogP contribution in [0.4, 0.5) is 5.82 Å². The van der Waals surface area contributed by atoms with E-state index in [2.05, 4.69) is 35.5 Å². The third kappa shape index (κ3) is 3.67. The first-order valence-electron chi connectivity index (χ1n) is 6.91. The SMILES string of the molecule is CCNC(C)c1ccnc(N2CCCNC(=O)C2)c1. The summed E-state index contributed by atoms with van der Waals surface area (Å²) in [5.41, 5.74) is 1.21. The molecule has 19 heavy (non-hydrogen) atoms. The lowest BCUT2D eigenvalue weighted by Gasteiger charge is -2.21. The molecule has 1 saturated heterocycles. The summed E-state index contributed by atoms with van der Waals surface area (Å²) in [6.45, 7) is 7.18. The summed E-state index contributed by atoms with van der Waals surface area (Å²) >= 11 is 0. The molecule has 1 aromatic heterocycles. The third-order valence-electron chi connectivity index (χ3n) is 3.37. The van der Waals surface area contributed by atoms with Crippen LogP contribution in [0.15, 0.2) is 18.3 Å². The minimum Gasteiger partial charge on any atom is -0.354 e. The maximum Gasteiger partial charge on any atom is 0.239 e. The summed E-state index contributed by atoms with van der Waals surface area (Å²) in [7, 11) is 0. The topological polar surface area (TPSA) is 57.3 Å². The Balaban J connectivity index is 2.15. The van der Waals surface area contributed by atoms with Gasteiger partial charge in [0.15, 0.2) is 0 Å². The van der Waals surface area contributed by atoms with Gasteiger partial charge in [0.05, 0.1) is 6.54 Å². The van der Waals surface area contributed by atoms with E-state index in [1.54, 1.807) is 0 Å². The van der Waals surface area contributed by atoms with Crippen molar-refractivity contribution >= 4 is 11.7 Å². The van der Waals surface area contributed by atoms with Crippen LogP contribution in [0.2, 0.25) is 0 Å². The van der Waals surface area contributed by atoms with E-state index in [1.165, 1.54) is 5.56 Å². The lowest BCUT2D eigenvalue weighted by atomic mass is 10.1. The molecule has 5 heteroatoms. The number of aromatic nitrogens is 1. The zero-order chi connectivity index (χ0) is 13.7. The van der Waals surface area contributed by atoms with Gasteiger partial charge in [0.25, 0.3) is 0 Å². The van der Waals surface area contributed by atoms with Gasteiger partial charge in [0.1, 0.15) is 5.82 Å². The summed E-state index contributed by atoms with van der Waals surface area (Å²) in [5.74, 6) is 0.962. The van der Waals surface area contributed by atoms with Crippen molar-refractivity contribution in [3.05, 3.63) is 23.9 Å². The van der Waals surface area contributed by atoms with Gasteiger partial charge < -0.3 is 15.5 Å². The van der Waals surface area contributed by atoms with Crippen LogP contribution in [-0.4, -0.2) is 37.1 Å². The molecule has 104 valence electrons. The van der Waals surface area contributed by atoms with Gasteiger partial charge in [-0.3, -0.25) is 4.79 Å². The molecule has 2 N–H and O–H groups in total. The minimum absolute atomic E-state index is 0.0736. The molecule has 1 aliphatic rings. The number of nitrogens with zero attached hydrogens (tertiary/aromatic N) is 2. The van der Waals surface area contributed by atoms with Gasteiger partial charge in [-0.15, -0.1) is 0 Å². The van der Waals surface area contributed by atoms with Crippen molar-refractivity contribution < 1.29 is 4.79 Å².